The van der Waals surface area contributed by atoms with Crippen LogP contribution >= 0.6 is 0 Å². The number of aromatic nitrogens is 2. The molecule has 0 fully saturated rings. The van der Waals surface area contributed by atoms with E-state index in [-0.39, 0.29) is 17.6 Å². The monoisotopic (exact) mass is 338 g/mol. The van der Waals surface area contributed by atoms with E-state index >= 15 is 0 Å². The highest BCUT2D eigenvalue weighted by atomic mass is 16.3. The van der Waals surface area contributed by atoms with Crippen LogP contribution in [0.5, 0.6) is 0 Å². The molecule has 2 amide bonds. The third kappa shape index (κ3) is 4.57. The highest BCUT2D eigenvalue weighted by Gasteiger charge is 2.08. The third-order valence-electron chi connectivity index (χ3n) is 3.57. The summed E-state index contributed by atoms with van der Waals surface area (Å²) in [6.07, 6.45) is 3.97. The van der Waals surface area contributed by atoms with Crippen LogP contribution in [-0.2, 0) is 4.79 Å². The third-order valence-corrected chi connectivity index (χ3v) is 3.57. The summed E-state index contributed by atoms with van der Waals surface area (Å²) in [7, 11) is 0. The number of aromatic amines is 1. The number of rotatable bonds is 7. The minimum atomic E-state index is -0.280. The van der Waals surface area contributed by atoms with Crippen LogP contribution in [0.3, 0.4) is 0 Å². The van der Waals surface area contributed by atoms with Gasteiger partial charge in [0, 0.05) is 30.4 Å². The van der Waals surface area contributed by atoms with Crippen molar-refractivity contribution in [2.45, 2.75) is 12.8 Å². The normalized spacial score (nSPS) is 10.4. The molecule has 0 saturated carbocycles. The first kappa shape index (κ1) is 16.5. The predicted octanol–water partition coefficient (Wildman–Crippen LogP) is 2.82. The molecule has 3 rings (SSSR count). The van der Waals surface area contributed by atoms with Crippen molar-refractivity contribution in [2.24, 2.45) is 0 Å². The zero-order valence-electron chi connectivity index (χ0n) is 13.5. The van der Waals surface area contributed by atoms with Gasteiger partial charge >= 0.3 is 0 Å². The quantitative estimate of drug-likeness (QED) is 0.577. The summed E-state index contributed by atoms with van der Waals surface area (Å²) in [6.45, 7) is 0.404. The van der Waals surface area contributed by atoms with Gasteiger partial charge in [-0.3, -0.25) is 14.7 Å². The fraction of sp³-hybridized carbons (Fsp3) is 0.167. The van der Waals surface area contributed by atoms with Crippen molar-refractivity contribution in [3.63, 3.8) is 0 Å². The molecule has 0 unspecified atom stereocenters. The topological polar surface area (TPSA) is 100 Å². The number of carbonyl (C=O) groups is 2. The number of carbonyl (C=O) groups excluding carboxylic acids is 2. The molecule has 1 aromatic carbocycles. The van der Waals surface area contributed by atoms with Gasteiger partial charge in [-0.05, 0) is 36.8 Å². The molecule has 0 bridgehead atoms. The molecule has 3 N–H and O–H groups in total. The Labute approximate surface area is 144 Å². The smallest absolute Gasteiger partial charge is 0.286 e. The van der Waals surface area contributed by atoms with Crippen LogP contribution in [0, 0.1) is 0 Å². The highest BCUT2D eigenvalue weighted by Crippen LogP contribution is 2.20. The average molecular weight is 338 g/mol. The van der Waals surface area contributed by atoms with Crippen LogP contribution in [0.15, 0.2) is 59.3 Å². The van der Waals surface area contributed by atoms with E-state index in [0.29, 0.717) is 19.4 Å². The van der Waals surface area contributed by atoms with Gasteiger partial charge in [0.15, 0.2) is 5.76 Å². The number of furan rings is 1. The Morgan fingerprint density at radius 1 is 1.16 bits per heavy atom. The molecule has 7 heteroatoms. The van der Waals surface area contributed by atoms with Gasteiger partial charge in [0.2, 0.25) is 5.91 Å². The van der Waals surface area contributed by atoms with Gasteiger partial charge in [0.25, 0.3) is 5.91 Å². The molecule has 2 heterocycles. The lowest BCUT2D eigenvalue weighted by molar-refractivity contribution is -0.116. The molecule has 0 aliphatic heterocycles. The summed E-state index contributed by atoms with van der Waals surface area (Å²) in [4.78, 5) is 23.7. The summed E-state index contributed by atoms with van der Waals surface area (Å²) in [5.74, 6) is -0.119. The predicted molar refractivity (Wildman–Crippen MR) is 92.9 cm³/mol. The number of benzene rings is 1. The molecule has 0 aliphatic carbocycles. The molecule has 0 atom stereocenters. The molecular formula is C18H18N4O3. The van der Waals surface area contributed by atoms with Gasteiger partial charge in [-0.15, -0.1) is 0 Å². The molecule has 0 aliphatic rings. The maximum Gasteiger partial charge on any atom is 0.286 e. The van der Waals surface area contributed by atoms with E-state index in [0.717, 1.165) is 16.9 Å². The van der Waals surface area contributed by atoms with Gasteiger partial charge in [0.05, 0.1) is 12.0 Å². The average Bonchev–Trinajstić information content (AvgIpc) is 3.32. The first-order valence-electron chi connectivity index (χ1n) is 7.94. The van der Waals surface area contributed by atoms with Gasteiger partial charge in [-0.25, -0.2) is 0 Å². The number of nitrogens with zero attached hydrogens (tertiary/aromatic N) is 1. The molecule has 25 heavy (non-hydrogen) atoms. The van der Waals surface area contributed by atoms with Crippen molar-refractivity contribution in [3.8, 4) is 11.3 Å². The van der Waals surface area contributed by atoms with Gasteiger partial charge in [-0.1, -0.05) is 12.1 Å². The van der Waals surface area contributed by atoms with Gasteiger partial charge in [0.1, 0.15) is 0 Å². The fourth-order valence-electron chi connectivity index (χ4n) is 2.35. The van der Waals surface area contributed by atoms with Crippen LogP contribution < -0.4 is 10.6 Å². The second-order valence-electron chi connectivity index (χ2n) is 5.44. The lowest BCUT2D eigenvalue weighted by Gasteiger charge is -2.07. The number of hydrogen-bond acceptors (Lipinski definition) is 4. The van der Waals surface area contributed by atoms with E-state index < -0.39 is 0 Å². The van der Waals surface area contributed by atoms with Crippen LogP contribution in [0.4, 0.5) is 5.69 Å². The Hall–Kier alpha value is -3.35. The molecule has 0 saturated heterocycles. The van der Waals surface area contributed by atoms with Crippen molar-refractivity contribution < 1.29 is 14.0 Å². The Kier molecular flexibility index (Phi) is 5.26. The van der Waals surface area contributed by atoms with Crippen LogP contribution in [-0.4, -0.2) is 28.6 Å². The molecule has 0 radical (unpaired) electrons. The molecule has 3 aromatic rings. The Bertz CT molecular complexity index is 826. The van der Waals surface area contributed by atoms with Crippen molar-refractivity contribution in [2.75, 3.05) is 11.9 Å². The Morgan fingerprint density at radius 3 is 2.84 bits per heavy atom. The highest BCUT2D eigenvalue weighted by molar-refractivity contribution is 5.92. The van der Waals surface area contributed by atoms with E-state index in [2.05, 4.69) is 20.8 Å². The number of anilines is 1. The van der Waals surface area contributed by atoms with E-state index in [1.54, 1.807) is 18.3 Å². The fourth-order valence-corrected chi connectivity index (χ4v) is 2.35. The van der Waals surface area contributed by atoms with Crippen molar-refractivity contribution in [3.05, 3.63) is 60.7 Å². The number of hydrogen-bond donors (Lipinski definition) is 3. The molecule has 2 aromatic heterocycles. The molecule has 0 spiro atoms. The summed E-state index contributed by atoms with van der Waals surface area (Å²) >= 11 is 0. The van der Waals surface area contributed by atoms with E-state index in [4.69, 9.17) is 4.42 Å². The first-order chi connectivity index (χ1) is 12.2. The summed E-state index contributed by atoms with van der Waals surface area (Å²) < 4.78 is 5.00. The summed E-state index contributed by atoms with van der Waals surface area (Å²) in [6, 6.07) is 12.6. The molecule has 128 valence electrons. The SMILES string of the molecule is O=C(CCCNC(=O)c1ccco1)Nc1cccc(-c2ccn[nH]2)c1. The van der Waals surface area contributed by atoms with Gasteiger partial charge in [-0.2, -0.15) is 5.10 Å². The van der Waals surface area contributed by atoms with E-state index in [1.807, 2.05) is 30.3 Å². The summed E-state index contributed by atoms with van der Waals surface area (Å²) in [5.41, 5.74) is 2.55. The maximum absolute atomic E-state index is 12.0. The van der Waals surface area contributed by atoms with Crippen LogP contribution in [0.2, 0.25) is 0 Å². The van der Waals surface area contributed by atoms with E-state index in [9.17, 15) is 9.59 Å². The van der Waals surface area contributed by atoms with Crippen molar-refractivity contribution in [1.29, 1.82) is 0 Å². The van der Waals surface area contributed by atoms with Crippen LogP contribution in [0.25, 0.3) is 11.3 Å². The lowest BCUT2D eigenvalue weighted by atomic mass is 10.1. The minimum Gasteiger partial charge on any atom is -0.459 e. The molecular weight excluding hydrogens is 320 g/mol. The molecule has 7 nitrogen and oxygen atoms in total. The Balaban J connectivity index is 1.43. The minimum absolute atomic E-state index is 0.103. The van der Waals surface area contributed by atoms with Crippen molar-refractivity contribution in [1.82, 2.24) is 15.5 Å². The van der Waals surface area contributed by atoms with E-state index in [1.165, 1.54) is 6.26 Å². The number of nitrogens with one attached hydrogen (secondary N) is 3. The van der Waals surface area contributed by atoms with Crippen LogP contribution in [0.1, 0.15) is 23.4 Å². The largest absolute Gasteiger partial charge is 0.459 e. The standard InChI is InChI=1S/C18H18N4O3/c23-17(7-2-9-19-18(24)16-6-3-11-25-16)21-14-5-1-4-13(12-14)15-8-10-20-22-15/h1,3-6,8,10-12H,2,7,9H2,(H,19,24)(H,20,22)(H,21,23). The number of H-pyrrole nitrogens is 1. The number of amides is 2. The van der Waals surface area contributed by atoms with Gasteiger partial charge < -0.3 is 15.1 Å². The second kappa shape index (κ2) is 7.96. The lowest BCUT2D eigenvalue weighted by Crippen LogP contribution is -2.25. The van der Waals surface area contributed by atoms with Crippen molar-refractivity contribution >= 4 is 17.5 Å². The Morgan fingerprint density at radius 2 is 2.08 bits per heavy atom. The second-order valence-corrected chi connectivity index (χ2v) is 5.44. The zero-order chi connectivity index (χ0) is 17.5. The maximum atomic E-state index is 12.0. The summed E-state index contributed by atoms with van der Waals surface area (Å²) in [5, 5.41) is 12.4. The zero-order valence-corrected chi connectivity index (χ0v) is 13.5. The first-order valence-corrected chi connectivity index (χ1v) is 7.94.